The van der Waals surface area contributed by atoms with Crippen LogP contribution in [0.4, 0.5) is 5.69 Å². The number of nitrogens with one attached hydrogen (secondary N) is 1. The number of nitro groups is 1. The van der Waals surface area contributed by atoms with Crippen LogP contribution >= 0.6 is 11.6 Å². The van der Waals surface area contributed by atoms with Gasteiger partial charge in [-0.25, -0.2) is 0 Å². The van der Waals surface area contributed by atoms with E-state index in [1.807, 2.05) is 0 Å². The minimum Gasteiger partial charge on any atom is -0.381 e. The molecule has 0 atom stereocenters. The lowest BCUT2D eigenvalue weighted by Gasteiger charge is -2.07. The van der Waals surface area contributed by atoms with Crippen molar-refractivity contribution in [2.45, 2.75) is 26.3 Å². The van der Waals surface area contributed by atoms with Crippen LogP contribution in [0.5, 0.6) is 0 Å². The number of non-ortho nitro benzene ring substituents is 1. The quantitative estimate of drug-likeness (QED) is 0.430. The Hall–Kier alpha value is -1.17. The zero-order valence-electron chi connectivity index (χ0n) is 11.0. The predicted octanol–water partition coefficient (Wildman–Crippen LogP) is 3.15. The van der Waals surface area contributed by atoms with Gasteiger partial charge in [-0.2, -0.15) is 0 Å². The third-order valence-corrected chi connectivity index (χ3v) is 2.91. The van der Waals surface area contributed by atoms with Gasteiger partial charge in [0.15, 0.2) is 0 Å². The molecule has 0 saturated carbocycles. The second-order valence-electron chi connectivity index (χ2n) is 4.18. The van der Waals surface area contributed by atoms with Gasteiger partial charge in [-0.15, -0.1) is 0 Å². The number of nitrogens with zero attached hydrogens (tertiary/aromatic N) is 1. The van der Waals surface area contributed by atoms with E-state index in [0.717, 1.165) is 38.2 Å². The highest BCUT2D eigenvalue weighted by molar-refractivity contribution is 6.31. The van der Waals surface area contributed by atoms with Crippen LogP contribution < -0.4 is 5.32 Å². The molecule has 106 valence electrons. The summed E-state index contributed by atoms with van der Waals surface area (Å²) < 4.78 is 5.36. The van der Waals surface area contributed by atoms with Crippen LogP contribution in [0.1, 0.15) is 25.3 Å². The average Bonchev–Trinajstić information content (AvgIpc) is 2.39. The Balaban J connectivity index is 2.28. The van der Waals surface area contributed by atoms with E-state index in [2.05, 4.69) is 12.2 Å². The van der Waals surface area contributed by atoms with Crippen molar-refractivity contribution in [1.82, 2.24) is 5.32 Å². The molecule has 0 saturated heterocycles. The maximum Gasteiger partial charge on any atom is 0.270 e. The molecule has 0 aliphatic heterocycles. The first-order valence-electron chi connectivity index (χ1n) is 6.36. The Kier molecular flexibility index (Phi) is 7.40. The van der Waals surface area contributed by atoms with E-state index < -0.39 is 4.92 Å². The molecule has 0 fully saturated rings. The molecule has 1 aromatic carbocycles. The summed E-state index contributed by atoms with van der Waals surface area (Å²) in [5.41, 5.74) is 0.878. The summed E-state index contributed by atoms with van der Waals surface area (Å²) in [6.07, 6.45) is 1.97. The average molecular weight is 287 g/mol. The molecule has 6 heteroatoms. The van der Waals surface area contributed by atoms with Gasteiger partial charge in [0.2, 0.25) is 0 Å². The fourth-order valence-corrected chi connectivity index (χ4v) is 1.80. The number of ether oxygens (including phenoxy) is 1. The van der Waals surface area contributed by atoms with Crippen molar-refractivity contribution in [3.8, 4) is 0 Å². The molecule has 0 aromatic heterocycles. The minimum absolute atomic E-state index is 0.0155. The van der Waals surface area contributed by atoms with E-state index in [0.29, 0.717) is 11.6 Å². The SMILES string of the molecule is CCCOCCCNCc1ccc([N+](=O)[O-])cc1Cl. The maximum atomic E-state index is 10.6. The number of hydrogen-bond donors (Lipinski definition) is 1. The summed E-state index contributed by atoms with van der Waals surface area (Å²) in [5, 5.41) is 14.2. The lowest BCUT2D eigenvalue weighted by Crippen LogP contribution is -2.16. The van der Waals surface area contributed by atoms with Crippen LogP contribution in [-0.4, -0.2) is 24.7 Å². The van der Waals surface area contributed by atoms with Crippen molar-refractivity contribution in [2.24, 2.45) is 0 Å². The van der Waals surface area contributed by atoms with Crippen LogP contribution in [0.2, 0.25) is 5.02 Å². The number of rotatable bonds is 9. The molecular weight excluding hydrogens is 268 g/mol. The molecular formula is C13H19ClN2O3. The smallest absolute Gasteiger partial charge is 0.270 e. The van der Waals surface area contributed by atoms with Gasteiger partial charge in [0.1, 0.15) is 0 Å². The Bertz CT molecular complexity index is 413. The minimum atomic E-state index is -0.450. The van der Waals surface area contributed by atoms with Crippen LogP contribution in [0, 0.1) is 10.1 Å². The van der Waals surface area contributed by atoms with Crippen molar-refractivity contribution in [3.63, 3.8) is 0 Å². The number of hydrogen-bond acceptors (Lipinski definition) is 4. The van der Waals surface area contributed by atoms with E-state index in [1.54, 1.807) is 6.07 Å². The fourth-order valence-electron chi connectivity index (χ4n) is 1.56. The molecule has 0 heterocycles. The fraction of sp³-hybridized carbons (Fsp3) is 0.538. The van der Waals surface area contributed by atoms with E-state index in [-0.39, 0.29) is 5.69 Å². The topological polar surface area (TPSA) is 64.4 Å². The van der Waals surface area contributed by atoms with Crippen molar-refractivity contribution >= 4 is 17.3 Å². The molecule has 0 unspecified atom stereocenters. The third-order valence-electron chi connectivity index (χ3n) is 2.55. The third kappa shape index (κ3) is 6.00. The lowest BCUT2D eigenvalue weighted by atomic mass is 10.2. The Morgan fingerprint density at radius 2 is 2.21 bits per heavy atom. The van der Waals surface area contributed by atoms with Crippen molar-refractivity contribution < 1.29 is 9.66 Å². The zero-order chi connectivity index (χ0) is 14.1. The highest BCUT2D eigenvalue weighted by Gasteiger charge is 2.08. The Morgan fingerprint density at radius 1 is 1.42 bits per heavy atom. The monoisotopic (exact) mass is 286 g/mol. The van der Waals surface area contributed by atoms with Gasteiger partial charge in [-0.05, 0) is 31.0 Å². The van der Waals surface area contributed by atoms with Crippen molar-refractivity contribution in [2.75, 3.05) is 19.8 Å². The molecule has 5 nitrogen and oxygen atoms in total. The molecule has 1 rings (SSSR count). The highest BCUT2D eigenvalue weighted by atomic mass is 35.5. The van der Waals surface area contributed by atoms with Crippen LogP contribution in [0.3, 0.4) is 0 Å². The van der Waals surface area contributed by atoms with E-state index in [9.17, 15) is 10.1 Å². The summed E-state index contributed by atoms with van der Waals surface area (Å²) in [6, 6.07) is 4.53. The normalized spacial score (nSPS) is 10.6. The summed E-state index contributed by atoms with van der Waals surface area (Å²) in [5.74, 6) is 0. The second-order valence-corrected chi connectivity index (χ2v) is 4.58. The number of halogens is 1. The zero-order valence-corrected chi connectivity index (χ0v) is 11.8. The van der Waals surface area contributed by atoms with Crippen molar-refractivity contribution in [3.05, 3.63) is 38.9 Å². The Morgan fingerprint density at radius 3 is 2.84 bits per heavy atom. The van der Waals surface area contributed by atoms with E-state index in [1.165, 1.54) is 12.1 Å². The largest absolute Gasteiger partial charge is 0.381 e. The highest BCUT2D eigenvalue weighted by Crippen LogP contribution is 2.22. The standard InChI is InChI=1S/C13H19ClN2O3/c1-2-7-19-8-3-6-15-10-11-4-5-12(16(17)18)9-13(11)14/h4-5,9,15H,2-3,6-8,10H2,1H3. The molecule has 0 aliphatic carbocycles. The number of benzene rings is 1. The molecule has 0 aliphatic rings. The molecule has 0 spiro atoms. The maximum absolute atomic E-state index is 10.6. The van der Waals surface area contributed by atoms with E-state index >= 15 is 0 Å². The molecule has 1 aromatic rings. The molecule has 0 bridgehead atoms. The molecule has 1 N–H and O–H groups in total. The second kappa shape index (κ2) is 8.85. The summed E-state index contributed by atoms with van der Waals surface area (Å²) in [6.45, 7) is 5.06. The first kappa shape index (κ1) is 15.9. The summed E-state index contributed by atoms with van der Waals surface area (Å²) >= 11 is 5.99. The van der Waals surface area contributed by atoms with Crippen molar-refractivity contribution in [1.29, 1.82) is 0 Å². The molecule has 0 radical (unpaired) electrons. The number of nitro benzene ring substituents is 1. The lowest BCUT2D eigenvalue weighted by molar-refractivity contribution is -0.384. The van der Waals surface area contributed by atoms with Gasteiger partial charge < -0.3 is 10.1 Å². The van der Waals surface area contributed by atoms with E-state index in [4.69, 9.17) is 16.3 Å². The molecule has 19 heavy (non-hydrogen) atoms. The van der Waals surface area contributed by atoms with Gasteiger partial charge >= 0.3 is 0 Å². The predicted molar refractivity (Wildman–Crippen MR) is 75.5 cm³/mol. The first-order chi connectivity index (χ1) is 9.15. The van der Waals surface area contributed by atoms with Gasteiger partial charge in [0.05, 0.1) is 9.95 Å². The van der Waals surface area contributed by atoms with Crippen LogP contribution in [0.25, 0.3) is 0 Å². The van der Waals surface area contributed by atoms with Crippen LogP contribution in [0.15, 0.2) is 18.2 Å². The molecule has 0 amide bonds. The van der Waals surface area contributed by atoms with Crippen LogP contribution in [-0.2, 0) is 11.3 Å². The summed E-state index contributed by atoms with van der Waals surface area (Å²) in [7, 11) is 0. The van der Waals surface area contributed by atoms with Gasteiger partial charge in [-0.1, -0.05) is 18.5 Å². The van der Waals surface area contributed by atoms with Gasteiger partial charge in [0, 0.05) is 31.9 Å². The summed E-state index contributed by atoms with van der Waals surface area (Å²) in [4.78, 5) is 10.1. The van der Waals surface area contributed by atoms with Gasteiger partial charge in [0.25, 0.3) is 5.69 Å². The van der Waals surface area contributed by atoms with Gasteiger partial charge in [-0.3, -0.25) is 10.1 Å². The Labute approximate surface area is 118 Å². The first-order valence-corrected chi connectivity index (χ1v) is 6.74.